The van der Waals surface area contributed by atoms with Gasteiger partial charge < -0.3 is 10.1 Å². The minimum Gasteiger partial charge on any atom is -0.418 e. The number of hydrogen-bond donors (Lipinski definition) is 2. The topological polar surface area (TPSA) is 45.1 Å². The maximum atomic E-state index is 7.30. The van der Waals surface area contributed by atoms with Gasteiger partial charge in [0.15, 0.2) is 5.90 Å². The monoisotopic (exact) mass is 174 g/mol. The first-order chi connectivity index (χ1) is 5.06. The molecule has 11 heavy (non-hydrogen) atoms. The number of rotatable bonds is 2. The summed E-state index contributed by atoms with van der Waals surface area (Å²) >= 11 is 4.71. The molecule has 0 aromatic carbocycles. The quantitative estimate of drug-likeness (QED) is 0.379. The lowest BCUT2D eigenvalue weighted by Crippen LogP contribution is -2.22. The van der Waals surface area contributed by atoms with Crippen molar-refractivity contribution in [3.8, 4) is 0 Å². The van der Waals surface area contributed by atoms with Crippen molar-refractivity contribution >= 4 is 23.3 Å². The third-order valence-electron chi connectivity index (χ3n) is 1.01. The Bertz CT molecular complexity index is 157. The van der Waals surface area contributed by atoms with Crippen LogP contribution in [0.4, 0.5) is 0 Å². The lowest BCUT2D eigenvalue weighted by atomic mass is 10.1. The van der Waals surface area contributed by atoms with Crippen LogP contribution in [0.5, 0.6) is 0 Å². The predicted octanol–water partition coefficient (Wildman–Crippen LogP) is 1.53. The smallest absolute Gasteiger partial charge is 0.263 e. The molecule has 0 radical (unpaired) electrons. The zero-order chi connectivity index (χ0) is 8.85. The second-order valence-corrected chi connectivity index (χ2v) is 3.03. The zero-order valence-corrected chi connectivity index (χ0v) is 7.92. The van der Waals surface area contributed by atoms with Crippen molar-refractivity contribution in [2.24, 2.45) is 5.92 Å². The second-order valence-electron chi connectivity index (χ2n) is 2.66. The van der Waals surface area contributed by atoms with Crippen LogP contribution in [0.15, 0.2) is 0 Å². The van der Waals surface area contributed by atoms with E-state index in [2.05, 4.69) is 5.32 Å². The van der Waals surface area contributed by atoms with E-state index < -0.39 is 0 Å². The third-order valence-corrected chi connectivity index (χ3v) is 1.30. The molecule has 0 rings (SSSR count). The molecule has 0 heterocycles. The molecule has 0 unspecified atom stereocenters. The van der Waals surface area contributed by atoms with Crippen molar-refractivity contribution in [1.29, 1.82) is 5.41 Å². The molecule has 0 bridgehead atoms. The summed E-state index contributed by atoms with van der Waals surface area (Å²) < 4.78 is 4.91. The molecule has 0 saturated heterocycles. The maximum Gasteiger partial charge on any atom is 0.263 e. The molecule has 2 N–H and O–H groups in total. The number of thiocarbonyl (C=S) groups is 1. The first-order valence-electron chi connectivity index (χ1n) is 3.53. The van der Waals surface area contributed by atoms with Gasteiger partial charge in [-0.3, -0.25) is 5.41 Å². The van der Waals surface area contributed by atoms with Crippen LogP contribution >= 0.6 is 12.2 Å². The molecule has 0 aliphatic heterocycles. The molecule has 0 aromatic heterocycles. The second kappa shape index (κ2) is 5.07. The van der Waals surface area contributed by atoms with E-state index in [1.165, 1.54) is 0 Å². The summed E-state index contributed by atoms with van der Waals surface area (Å²) in [7, 11) is 1.67. The maximum absolute atomic E-state index is 7.30. The van der Waals surface area contributed by atoms with Gasteiger partial charge in [-0.05, 0) is 18.1 Å². The van der Waals surface area contributed by atoms with E-state index in [0.717, 1.165) is 0 Å². The molecular formula is C7H14N2OS. The van der Waals surface area contributed by atoms with Gasteiger partial charge in [-0.1, -0.05) is 13.8 Å². The summed E-state index contributed by atoms with van der Waals surface area (Å²) in [6.07, 6.45) is 0.627. The molecule has 0 amide bonds. The van der Waals surface area contributed by atoms with Gasteiger partial charge in [-0.15, -0.1) is 0 Å². The molecule has 0 aliphatic carbocycles. The highest BCUT2D eigenvalue weighted by Crippen LogP contribution is 2.00. The fourth-order valence-electron chi connectivity index (χ4n) is 0.575. The molecule has 0 aliphatic rings. The first-order valence-corrected chi connectivity index (χ1v) is 3.94. The highest BCUT2D eigenvalue weighted by atomic mass is 32.1. The van der Waals surface area contributed by atoms with Crippen molar-refractivity contribution < 1.29 is 4.74 Å². The van der Waals surface area contributed by atoms with Gasteiger partial charge >= 0.3 is 0 Å². The summed E-state index contributed by atoms with van der Waals surface area (Å²) in [4.78, 5) is 0. The Balaban J connectivity index is 3.61. The Kier molecular flexibility index (Phi) is 4.77. The van der Waals surface area contributed by atoms with Gasteiger partial charge in [0.1, 0.15) is 0 Å². The van der Waals surface area contributed by atoms with Crippen LogP contribution in [-0.2, 0) is 4.74 Å². The van der Waals surface area contributed by atoms with Crippen LogP contribution in [0.1, 0.15) is 20.3 Å². The summed E-state index contributed by atoms with van der Waals surface area (Å²) in [6.45, 7) is 4.06. The van der Waals surface area contributed by atoms with Gasteiger partial charge in [0.2, 0.25) is 0 Å². The van der Waals surface area contributed by atoms with E-state index >= 15 is 0 Å². The Hall–Kier alpha value is -0.640. The molecule has 64 valence electrons. The number of hydrogen-bond acceptors (Lipinski definition) is 3. The first kappa shape index (κ1) is 10.4. The molecule has 0 spiro atoms. The fraction of sp³-hybridized carbons (Fsp3) is 0.714. The molecule has 4 heteroatoms. The summed E-state index contributed by atoms with van der Waals surface area (Å²) in [5.41, 5.74) is 0. The number of nitrogens with one attached hydrogen (secondary N) is 2. The van der Waals surface area contributed by atoms with Crippen LogP contribution in [0.25, 0.3) is 0 Å². The molecule has 0 atom stereocenters. The van der Waals surface area contributed by atoms with Crippen LogP contribution in [0, 0.1) is 11.3 Å². The molecular weight excluding hydrogens is 160 g/mol. The summed E-state index contributed by atoms with van der Waals surface area (Å²) in [6, 6.07) is 0. The third kappa shape index (κ3) is 5.79. The standard InChI is InChI=1S/C7H14N2OS/c1-5(2)4-6(8)10-7(11)9-3/h5,8H,4H2,1-3H3,(H,9,11). The average molecular weight is 174 g/mol. The van der Waals surface area contributed by atoms with Crippen molar-refractivity contribution in [3.63, 3.8) is 0 Å². The summed E-state index contributed by atoms with van der Waals surface area (Å²) in [5, 5.41) is 10.2. The lowest BCUT2D eigenvalue weighted by molar-refractivity contribution is 0.488. The Morgan fingerprint density at radius 1 is 1.64 bits per heavy atom. The van der Waals surface area contributed by atoms with Crippen LogP contribution in [0.2, 0.25) is 0 Å². The molecule has 0 fully saturated rings. The van der Waals surface area contributed by atoms with Crippen LogP contribution < -0.4 is 5.32 Å². The highest BCUT2D eigenvalue weighted by molar-refractivity contribution is 7.80. The average Bonchev–Trinajstić information content (AvgIpc) is 1.85. The molecule has 0 saturated carbocycles. The SMILES string of the molecule is CNC(=S)OC(=N)CC(C)C. The Morgan fingerprint density at radius 3 is 2.55 bits per heavy atom. The van der Waals surface area contributed by atoms with E-state index in [9.17, 15) is 0 Å². The van der Waals surface area contributed by atoms with Crippen molar-refractivity contribution in [1.82, 2.24) is 5.32 Å². The Labute approximate surface area is 72.6 Å². The van der Waals surface area contributed by atoms with E-state index in [1.54, 1.807) is 7.05 Å². The van der Waals surface area contributed by atoms with E-state index in [-0.39, 0.29) is 11.1 Å². The van der Waals surface area contributed by atoms with E-state index in [1.807, 2.05) is 13.8 Å². The van der Waals surface area contributed by atoms with Gasteiger partial charge in [0.25, 0.3) is 5.17 Å². The number of ether oxygens (including phenoxy) is 1. The minimum atomic E-state index is 0.222. The normalized spacial score (nSPS) is 9.45. The Morgan fingerprint density at radius 2 is 2.18 bits per heavy atom. The van der Waals surface area contributed by atoms with E-state index in [4.69, 9.17) is 22.4 Å². The van der Waals surface area contributed by atoms with Gasteiger partial charge in [-0.25, -0.2) is 0 Å². The minimum absolute atomic E-state index is 0.222. The zero-order valence-electron chi connectivity index (χ0n) is 7.10. The van der Waals surface area contributed by atoms with Crippen molar-refractivity contribution in [3.05, 3.63) is 0 Å². The van der Waals surface area contributed by atoms with Gasteiger partial charge in [-0.2, -0.15) is 0 Å². The largest absolute Gasteiger partial charge is 0.418 e. The predicted molar refractivity (Wildman–Crippen MR) is 49.9 cm³/mol. The van der Waals surface area contributed by atoms with Crippen LogP contribution in [-0.4, -0.2) is 18.1 Å². The fourth-order valence-corrected chi connectivity index (χ4v) is 0.676. The van der Waals surface area contributed by atoms with Crippen molar-refractivity contribution in [2.75, 3.05) is 7.05 Å². The molecule has 3 nitrogen and oxygen atoms in total. The van der Waals surface area contributed by atoms with Crippen LogP contribution in [0.3, 0.4) is 0 Å². The molecule has 0 aromatic rings. The van der Waals surface area contributed by atoms with Gasteiger partial charge in [0.05, 0.1) is 0 Å². The van der Waals surface area contributed by atoms with Crippen molar-refractivity contribution in [2.45, 2.75) is 20.3 Å². The lowest BCUT2D eigenvalue weighted by Gasteiger charge is -2.08. The van der Waals surface area contributed by atoms with Gasteiger partial charge in [0, 0.05) is 13.5 Å². The highest BCUT2D eigenvalue weighted by Gasteiger charge is 2.03. The summed E-state index contributed by atoms with van der Waals surface area (Å²) in [5.74, 6) is 0.654. The van der Waals surface area contributed by atoms with E-state index in [0.29, 0.717) is 12.3 Å².